The van der Waals surface area contributed by atoms with Gasteiger partial charge in [-0.05, 0) is 26.3 Å². The summed E-state index contributed by atoms with van der Waals surface area (Å²) in [6, 6.07) is 0.836. The quantitative estimate of drug-likeness (QED) is 0.777. The zero-order chi connectivity index (χ0) is 14.9. The fraction of sp³-hybridized carbons (Fsp3) is 0.400. The lowest BCUT2D eigenvalue weighted by Crippen LogP contribution is -2.46. The largest absolute Gasteiger partial charge is 0.364 e. The molecule has 0 aromatic carbocycles. The van der Waals surface area contributed by atoms with E-state index in [4.69, 9.17) is 4.98 Å². The van der Waals surface area contributed by atoms with Crippen molar-refractivity contribution in [2.75, 3.05) is 11.9 Å². The van der Waals surface area contributed by atoms with E-state index in [0.29, 0.717) is 12.1 Å². The standard InChI is InChI=1S/C15H18N6S/c1-10-11(3-2-4-17-10)19-14-9-16-7-12(20-14)13-8-18-15-21(13)5-6-22-15/h5-11,17H,2-4H2,1H3,(H,19,20)/t10-,11-/m1/s1. The molecule has 6 nitrogen and oxygen atoms in total. The van der Waals surface area contributed by atoms with Crippen LogP contribution in [0.4, 0.5) is 5.82 Å². The first-order chi connectivity index (χ1) is 10.8. The number of nitrogens with zero attached hydrogens (tertiary/aromatic N) is 4. The third-order valence-electron chi connectivity index (χ3n) is 4.14. The van der Waals surface area contributed by atoms with Crippen LogP contribution in [-0.2, 0) is 0 Å². The molecule has 1 aliphatic heterocycles. The Morgan fingerprint density at radius 2 is 2.32 bits per heavy atom. The van der Waals surface area contributed by atoms with Gasteiger partial charge in [-0.1, -0.05) is 0 Å². The van der Waals surface area contributed by atoms with Crippen LogP contribution in [0.3, 0.4) is 0 Å². The minimum Gasteiger partial charge on any atom is -0.364 e. The average Bonchev–Trinajstić information content (AvgIpc) is 3.13. The molecule has 7 heteroatoms. The first-order valence-corrected chi connectivity index (χ1v) is 8.42. The molecule has 1 saturated heterocycles. The number of rotatable bonds is 3. The van der Waals surface area contributed by atoms with Gasteiger partial charge < -0.3 is 10.6 Å². The van der Waals surface area contributed by atoms with Crippen molar-refractivity contribution in [3.63, 3.8) is 0 Å². The SMILES string of the molecule is C[C@H]1NCCC[C@H]1Nc1cncc(-c2cnc3sccn23)n1. The Morgan fingerprint density at radius 1 is 1.36 bits per heavy atom. The lowest BCUT2D eigenvalue weighted by atomic mass is 10.00. The van der Waals surface area contributed by atoms with Gasteiger partial charge in [-0.2, -0.15) is 0 Å². The predicted molar refractivity (Wildman–Crippen MR) is 88.2 cm³/mol. The summed E-state index contributed by atoms with van der Waals surface area (Å²) in [6.45, 7) is 3.30. The number of nitrogens with one attached hydrogen (secondary N) is 2. The lowest BCUT2D eigenvalue weighted by molar-refractivity contribution is 0.388. The summed E-state index contributed by atoms with van der Waals surface area (Å²) in [5.41, 5.74) is 1.81. The van der Waals surface area contributed by atoms with Gasteiger partial charge >= 0.3 is 0 Å². The van der Waals surface area contributed by atoms with E-state index in [1.54, 1.807) is 23.7 Å². The fourth-order valence-corrected chi connectivity index (χ4v) is 3.60. The van der Waals surface area contributed by atoms with Gasteiger partial charge in [-0.25, -0.2) is 9.97 Å². The third-order valence-corrected chi connectivity index (χ3v) is 4.91. The van der Waals surface area contributed by atoms with Crippen molar-refractivity contribution in [3.05, 3.63) is 30.2 Å². The number of thiazole rings is 1. The van der Waals surface area contributed by atoms with Crippen molar-refractivity contribution in [1.82, 2.24) is 24.7 Å². The van der Waals surface area contributed by atoms with Crippen molar-refractivity contribution >= 4 is 22.1 Å². The Hall–Kier alpha value is -1.99. The molecule has 0 aliphatic carbocycles. The molecule has 0 bridgehead atoms. The molecule has 0 radical (unpaired) electrons. The topological polar surface area (TPSA) is 67.1 Å². The summed E-state index contributed by atoms with van der Waals surface area (Å²) in [4.78, 5) is 14.4. The van der Waals surface area contributed by atoms with Crippen LogP contribution >= 0.6 is 11.3 Å². The van der Waals surface area contributed by atoms with E-state index in [1.165, 1.54) is 6.42 Å². The van der Waals surface area contributed by atoms with Crippen molar-refractivity contribution in [2.24, 2.45) is 0 Å². The van der Waals surface area contributed by atoms with E-state index in [1.807, 2.05) is 22.2 Å². The minimum absolute atomic E-state index is 0.393. The van der Waals surface area contributed by atoms with Crippen LogP contribution in [0.2, 0.25) is 0 Å². The number of imidazole rings is 1. The molecule has 3 aromatic rings. The summed E-state index contributed by atoms with van der Waals surface area (Å²) in [5.74, 6) is 0.822. The molecule has 0 saturated carbocycles. The predicted octanol–water partition coefficient (Wildman–Crippen LogP) is 2.41. The molecule has 0 spiro atoms. The van der Waals surface area contributed by atoms with Crippen LogP contribution in [0.15, 0.2) is 30.2 Å². The van der Waals surface area contributed by atoms with Crippen LogP contribution < -0.4 is 10.6 Å². The fourth-order valence-electron chi connectivity index (χ4n) is 2.91. The molecular formula is C15H18N6S. The molecular weight excluding hydrogens is 296 g/mol. The number of aromatic nitrogens is 4. The van der Waals surface area contributed by atoms with E-state index in [0.717, 1.165) is 35.1 Å². The van der Waals surface area contributed by atoms with Gasteiger partial charge in [0.2, 0.25) is 0 Å². The highest BCUT2D eigenvalue weighted by Gasteiger charge is 2.21. The Labute approximate surface area is 132 Å². The first kappa shape index (κ1) is 13.7. The molecule has 22 heavy (non-hydrogen) atoms. The van der Waals surface area contributed by atoms with Gasteiger partial charge in [0.05, 0.1) is 24.3 Å². The van der Waals surface area contributed by atoms with Gasteiger partial charge in [-0.3, -0.25) is 9.38 Å². The van der Waals surface area contributed by atoms with Gasteiger partial charge in [0.25, 0.3) is 0 Å². The van der Waals surface area contributed by atoms with E-state index in [-0.39, 0.29) is 0 Å². The second-order valence-corrected chi connectivity index (χ2v) is 6.50. The molecule has 114 valence electrons. The van der Waals surface area contributed by atoms with Gasteiger partial charge in [-0.15, -0.1) is 11.3 Å². The Bertz CT molecular complexity index is 779. The smallest absolute Gasteiger partial charge is 0.194 e. The van der Waals surface area contributed by atoms with Crippen LogP contribution in [0, 0.1) is 0 Å². The Balaban J connectivity index is 1.62. The maximum absolute atomic E-state index is 4.72. The number of fused-ring (bicyclic) bond motifs is 1. The molecule has 4 heterocycles. The summed E-state index contributed by atoms with van der Waals surface area (Å²) >= 11 is 1.62. The summed E-state index contributed by atoms with van der Waals surface area (Å²) < 4.78 is 2.04. The maximum Gasteiger partial charge on any atom is 0.194 e. The molecule has 2 atom stereocenters. The van der Waals surface area contributed by atoms with E-state index in [2.05, 4.69) is 27.5 Å². The molecule has 3 aromatic heterocycles. The van der Waals surface area contributed by atoms with Crippen LogP contribution in [0.25, 0.3) is 16.3 Å². The first-order valence-electron chi connectivity index (χ1n) is 7.54. The zero-order valence-corrected chi connectivity index (χ0v) is 13.2. The molecule has 2 N–H and O–H groups in total. The Kier molecular flexibility index (Phi) is 3.51. The van der Waals surface area contributed by atoms with Gasteiger partial charge in [0.15, 0.2) is 4.96 Å². The average molecular weight is 314 g/mol. The molecule has 0 unspecified atom stereocenters. The second kappa shape index (κ2) is 5.66. The lowest BCUT2D eigenvalue weighted by Gasteiger charge is -2.30. The number of piperidine rings is 1. The highest BCUT2D eigenvalue weighted by molar-refractivity contribution is 7.15. The summed E-state index contributed by atoms with van der Waals surface area (Å²) in [5, 5.41) is 9.03. The summed E-state index contributed by atoms with van der Waals surface area (Å²) in [7, 11) is 0. The molecule has 0 amide bonds. The highest BCUT2D eigenvalue weighted by Crippen LogP contribution is 2.22. The van der Waals surface area contributed by atoms with Crippen molar-refractivity contribution in [2.45, 2.75) is 31.8 Å². The third kappa shape index (κ3) is 2.46. The van der Waals surface area contributed by atoms with Crippen molar-refractivity contribution < 1.29 is 0 Å². The molecule has 1 fully saturated rings. The number of hydrogen-bond acceptors (Lipinski definition) is 6. The van der Waals surface area contributed by atoms with E-state index in [9.17, 15) is 0 Å². The summed E-state index contributed by atoms with van der Waals surface area (Å²) in [6.07, 6.45) is 9.78. The van der Waals surface area contributed by atoms with E-state index >= 15 is 0 Å². The van der Waals surface area contributed by atoms with Crippen molar-refractivity contribution in [1.29, 1.82) is 0 Å². The Morgan fingerprint density at radius 3 is 3.23 bits per heavy atom. The minimum atomic E-state index is 0.393. The zero-order valence-electron chi connectivity index (χ0n) is 12.4. The maximum atomic E-state index is 4.72. The monoisotopic (exact) mass is 314 g/mol. The van der Waals surface area contributed by atoms with Crippen LogP contribution in [-0.4, -0.2) is 38.0 Å². The van der Waals surface area contributed by atoms with Crippen LogP contribution in [0.1, 0.15) is 19.8 Å². The van der Waals surface area contributed by atoms with Gasteiger partial charge in [0, 0.05) is 23.7 Å². The van der Waals surface area contributed by atoms with Crippen molar-refractivity contribution in [3.8, 4) is 11.4 Å². The second-order valence-electron chi connectivity index (χ2n) is 5.62. The number of anilines is 1. The number of hydrogen-bond donors (Lipinski definition) is 2. The molecule has 4 rings (SSSR count). The molecule has 1 aliphatic rings. The van der Waals surface area contributed by atoms with Crippen LogP contribution in [0.5, 0.6) is 0 Å². The normalized spacial score (nSPS) is 22.0. The highest BCUT2D eigenvalue weighted by atomic mass is 32.1. The van der Waals surface area contributed by atoms with E-state index < -0.39 is 0 Å². The van der Waals surface area contributed by atoms with Gasteiger partial charge in [0.1, 0.15) is 11.5 Å².